The van der Waals surface area contributed by atoms with Gasteiger partial charge in [-0.1, -0.05) is 18.6 Å². The SMILES string of the molecule is O=[N+]([O-])c1ccccc1OCCN1CCCCC1c1nnc([C@H]2CCCO2)o1. The molecule has 0 aliphatic carbocycles. The van der Waals surface area contributed by atoms with Crippen LogP contribution in [0.2, 0.25) is 0 Å². The van der Waals surface area contributed by atoms with Crippen LogP contribution in [0.4, 0.5) is 5.69 Å². The highest BCUT2D eigenvalue weighted by Gasteiger charge is 2.31. The van der Waals surface area contributed by atoms with E-state index < -0.39 is 4.92 Å². The Hall–Kier alpha value is -2.52. The number of hydrogen-bond donors (Lipinski definition) is 0. The number of piperidine rings is 1. The highest BCUT2D eigenvalue weighted by atomic mass is 16.6. The van der Waals surface area contributed by atoms with Crippen LogP contribution in [0.25, 0.3) is 0 Å². The van der Waals surface area contributed by atoms with Crippen molar-refractivity contribution in [3.8, 4) is 5.75 Å². The van der Waals surface area contributed by atoms with Crippen LogP contribution >= 0.6 is 0 Å². The first-order valence-electron chi connectivity index (χ1n) is 9.77. The van der Waals surface area contributed by atoms with Crippen molar-refractivity contribution in [1.82, 2.24) is 15.1 Å². The second-order valence-corrected chi connectivity index (χ2v) is 7.10. The Labute approximate surface area is 162 Å². The number of aromatic nitrogens is 2. The fourth-order valence-corrected chi connectivity index (χ4v) is 3.82. The minimum absolute atomic E-state index is 0.0178. The Morgan fingerprint density at radius 3 is 2.86 bits per heavy atom. The maximum atomic E-state index is 11.1. The molecular weight excluding hydrogens is 364 g/mol. The molecule has 1 aromatic heterocycles. The van der Waals surface area contributed by atoms with E-state index in [2.05, 4.69) is 15.1 Å². The van der Waals surface area contributed by atoms with Crippen LogP contribution in [0.5, 0.6) is 5.75 Å². The predicted molar refractivity (Wildman–Crippen MR) is 99.0 cm³/mol. The first-order chi connectivity index (χ1) is 13.7. The summed E-state index contributed by atoms with van der Waals surface area (Å²) in [6.07, 6.45) is 4.98. The van der Waals surface area contributed by atoms with Gasteiger partial charge in [0.2, 0.25) is 11.8 Å². The summed E-state index contributed by atoms with van der Waals surface area (Å²) in [5.41, 5.74) is -0.0178. The summed E-state index contributed by atoms with van der Waals surface area (Å²) in [6.45, 7) is 2.63. The lowest BCUT2D eigenvalue weighted by atomic mass is 10.0. The molecule has 0 amide bonds. The molecule has 0 bridgehead atoms. The molecule has 28 heavy (non-hydrogen) atoms. The van der Waals surface area contributed by atoms with Gasteiger partial charge in [-0.05, 0) is 38.3 Å². The van der Waals surface area contributed by atoms with Gasteiger partial charge in [0.05, 0.1) is 11.0 Å². The van der Waals surface area contributed by atoms with E-state index in [0.717, 1.165) is 45.3 Å². The summed E-state index contributed by atoms with van der Waals surface area (Å²) in [5, 5.41) is 19.6. The predicted octanol–water partition coefficient (Wildman–Crippen LogP) is 3.44. The molecule has 150 valence electrons. The van der Waals surface area contributed by atoms with Crippen LogP contribution in [-0.4, -0.2) is 46.3 Å². The lowest BCUT2D eigenvalue weighted by molar-refractivity contribution is -0.385. The number of likely N-dealkylation sites (tertiary alicyclic amines) is 1. The maximum absolute atomic E-state index is 11.1. The third kappa shape index (κ3) is 4.15. The zero-order chi connectivity index (χ0) is 19.3. The van der Waals surface area contributed by atoms with E-state index in [9.17, 15) is 10.1 Å². The van der Waals surface area contributed by atoms with Crippen LogP contribution in [0.15, 0.2) is 28.7 Å². The fourth-order valence-electron chi connectivity index (χ4n) is 3.82. The molecule has 3 heterocycles. The monoisotopic (exact) mass is 388 g/mol. The lowest BCUT2D eigenvalue weighted by Gasteiger charge is -2.33. The molecule has 9 heteroatoms. The highest BCUT2D eigenvalue weighted by Crippen LogP contribution is 2.33. The average molecular weight is 388 g/mol. The summed E-state index contributed by atoms with van der Waals surface area (Å²) in [6, 6.07) is 6.48. The molecule has 0 spiro atoms. The molecule has 0 radical (unpaired) electrons. The first kappa shape index (κ1) is 18.8. The molecule has 0 N–H and O–H groups in total. The molecule has 1 unspecified atom stereocenters. The molecule has 4 rings (SSSR count). The maximum Gasteiger partial charge on any atom is 0.310 e. The van der Waals surface area contributed by atoms with Gasteiger partial charge < -0.3 is 13.9 Å². The molecule has 1 aromatic carbocycles. The van der Waals surface area contributed by atoms with Crippen molar-refractivity contribution in [2.45, 2.75) is 44.2 Å². The van der Waals surface area contributed by atoms with E-state index in [1.807, 2.05) is 0 Å². The largest absolute Gasteiger partial charge is 0.485 e. The Morgan fingerprint density at radius 2 is 2.04 bits per heavy atom. The molecule has 2 aromatic rings. The molecule has 9 nitrogen and oxygen atoms in total. The van der Waals surface area contributed by atoms with Gasteiger partial charge in [0.25, 0.3) is 0 Å². The van der Waals surface area contributed by atoms with Gasteiger partial charge in [-0.2, -0.15) is 0 Å². The van der Waals surface area contributed by atoms with Crippen LogP contribution < -0.4 is 4.74 Å². The van der Waals surface area contributed by atoms with Gasteiger partial charge in [-0.25, -0.2) is 0 Å². The Bertz CT molecular complexity index is 805. The van der Waals surface area contributed by atoms with Crippen molar-refractivity contribution >= 4 is 5.69 Å². The van der Waals surface area contributed by atoms with Gasteiger partial charge in [0.15, 0.2) is 5.75 Å². The number of nitrogens with zero attached hydrogens (tertiary/aromatic N) is 4. The molecule has 2 aliphatic heterocycles. The van der Waals surface area contributed by atoms with Crippen LogP contribution in [0, 0.1) is 10.1 Å². The Morgan fingerprint density at radius 1 is 1.18 bits per heavy atom. The molecule has 2 atom stereocenters. The second-order valence-electron chi connectivity index (χ2n) is 7.10. The van der Waals surface area contributed by atoms with E-state index in [1.165, 1.54) is 6.07 Å². The minimum atomic E-state index is -0.426. The molecule has 0 saturated carbocycles. The smallest absolute Gasteiger partial charge is 0.310 e. The number of benzene rings is 1. The molecule has 2 fully saturated rings. The van der Waals surface area contributed by atoms with Crippen molar-refractivity contribution in [3.05, 3.63) is 46.2 Å². The summed E-state index contributed by atoms with van der Waals surface area (Å²) in [5.74, 6) is 1.48. The fraction of sp³-hybridized carbons (Fsp3) is 0.579. The second kappa shape index (κ2) is 8.66. The zero-order valence-corrected chi connectivity index (χ0v) is 15.7. The molecule has 2 saturated heterocycles. The van der Waals surface area contributed by atoms with Crippen molar-refractivity contribution in [3.63, 3.8) is 0 Å². The van der Waals surface area contributed by atoms with E-state index in [4.69, 9.17) is 13.9 Å². The molecule has 2 aliphatic rings. The molecular formula is C19H24N4O5. The van der Waals surface area contributed by atoms with E-state index in [0.29, 0.717) is 30.7 Å². The average Bonchev–Trinajstić information content (AvgIpc) is 3.40. The number of hydrogen-bond acceptors (Lipinski definition) is 8. The first-order valence-corrected chi connectivity index (χ1v) is 9.77. The number of nitro groups is 1. The third-order valence-corrected chi connectivity index (χ3v) is 5.26. The number of rotatable bonds is 7. The van der Waals surface area contributed by atoms with Crippen LogP contribution in [-0.2, 0) is 4.74 Å². The quantitative estimate of drug-likeness (QED) is 0.525. The normalized spacial score (nSPS) is 23.0. The summed E-state index contributed by atoms with van der Waals surface area (Å²) in [7, 11) is 0. The Kier molecular flexibility index (Phi) is 5.82. The van der Waals surface area contributed by atoms with E-state index in [-0.39, 0.29) is 17.8 Å². The number of ether oxygens (including phenoxy) is 2. The van der Waals surface area contributed by atoms with Crippen LogP contribution in [0.1, 0.15) is 56.0 Å². The summed E-state index contributed by atoms with van der Waals surface area (Å²) >= 11 is 0. The zero-order valence-electron chi connectivity index (χ0n) is 15.7. The standard InChI is InChI=1S/C19H24N4O5/c24-23(25)14-6-1-2-8-16(14)27-13-11-22-10-4-3-7-15(22)18-20-21-19(28-18)17-9-5-12-26-17/h1-2,6,8,15,17H,3-5,7,9-13H2/t15?,17-/m1/s1. The van der Waals surface area contributed by atoms with Crippen LogP contribution in [0.3, 0.4) is 0 Å². The number of para-hydroxylation sites is 2. The van der Waals surface area contributed by atoms with Gasteiger partial charge >= 0.3 is 5.69 Å². The van der Waals surface area contributed by atoms with Crippen molar-refractivity contribution < 1.29 is 18.8 Å². The van der Waals surface area contributed by atoms with Crippen molar-refractivity contribution in [2.24, 2.45) is 0 Å². The van der Waals surface area contributed by atoms with Gasteiger partial charge in [0.1, 0.15) is 12.7 Å². The van der Waals surface area contributed by atoms with Gasteiger partial charge in [-0.3, -0.25) is 15.0 Å². The third-order valence-electron chi connectivity index (χ3n) is 5.26. The Balaban J connectivity index is 1.38. The lowest BCUT2D eigenvalue weighted by Crippen LogP contribution is -2.36. The van der Waals surface area contributed by atoms with E-state index in [1.54, 1.807) is 18.2 Å². The number of nitro benzene ring substituents is 1. The van der Waals surface area contributed by atoms with E-state index >= 15 is 0 Å². The van der Waals surface area contributed by atoms with Crippen molar-refractivity contribution in [1.29, 1.82) is 0 Å². The summed E-state index contributed by atoms with van der Waals surface area (Å²) < 4.78 is 17.3. The highest BCUT2D eigenvalue weighted by molar-refractivity contribution is 5.45. The van der Waals surface area contributed by atoms with Gasteiger partial charge in [0, 0.05) is 19.2 Å². The minimum Gasteiger partial charge on any atom is -0.485 e. The summed E-state index contributed by atoms with van der Waals surface area (Å²) in [4.78, 5) is 12.9. The topological polar surface area (TPSA) is 104 Å². The van der Waals surface area contributed by atoms with Gasteiger partial charge in [-0.15, -0.1) is 10.2 Å². The van der Waals surface area contributed by atoms with Crippen molar-refractivity contribution in [2.75, 3.05) is 26.3 Å².